The lowest BCUT2D eigenvalue weighted by Gasteiger charge is -2.32. The van der Waals surface area contributed by atoms with Crippen LogP contribution in [0.5, 0.6) is 0 Å². The van der Waals surface area contributed by atoms with Gasteiger partial charge in [-0.25, -0.2) is 14.8 Å². The molecule has 0 bridgehead atoms. The Hall–Kier alpha value is -1.71. The van der Waals surface area contributed by atoms with Gasteiger partial charge in [0.05, 0.1) is 11.2 Å². The molecule has 146 valence electrons. The van der Waals surface area contributed by atoms with E-state index in [9.17, 15) is 9.59 Å². The van der Waals surface area contributed by atoms with E-state index in [1.807, 2.05) is 26.2 Å². The number of hydrogen-bond acceptors (Lipinski definition) is 7. The van der Waals surface area contributed by atoms with Gasteiger partial charge in [-0.05, 0) is 33.6 Å². The summed E-state index contributed by atoms with van der Waals surface area (Å²) in [6.45, 7) is 6.86. The average molecular weight is 429 g/mol. The number of piperidine rings is 1. The molecule has 7 nitrogen and oxygen atoms in total. The van der Waals surface area contributed by atoms with E-state index in [4.69, 9.17) is 16.3 Å². The third-order valence-corrected chi connectivity index (χ3v) is 6.04. The largest absolute Gasteiger partial charge is 0.444 e. The molecule has 1 fully saturated rings. The first-order valence-electron chi connectivity index (χ1n) is 8.56. The van der Waals surface area contributed by atoms with Crippen LogP contribution in [0.25, 0.3) is 0 Å². The van der Waals surface area contributed by atoms with Crippen LogP contribution in [0.4, 0.5) is 9.93 Å². The Morgan fingerprint density at radius 3 is 2.59 bits per heavy atom. The van der Waals surface area contributed by atoms with Crippen molar-refractivity contribution in [1.29, 1.82) is 0 Å². The van der Waals surface area contributed by atoms with Crippen molar-refractivity contribution in [3.63, 3.8) is 0 Å². The minimum Gasteiger partial charge on any atom is -0.444 e. The van der Waals surface area contributed by atoms with Crippen molar-refractivity contribution in [3.05, 3.63) is 26.6 Å². The monoisotopic (exact) mass is 428 g/mol. The first kappa shape index (κ1) is 20.0. The van der Waals surface area contributed by atoms with Crippen molar-refractivity contribution in [1.82, 2.24) is 14.9 Å². The predicted octanol–water partition coefficient (Wildman–Crippen LogP) is 4.62. The summed E-state index contributed by atoms with van der Waals surface area (Å²) in [5.41, 5.74) is 1.98. The third kappa shape index (κ3) is 5.18. The number of carbonyl (C=O) groups excluding carboxylic acids is 2. The second-order valence-electron chi connectivity index (χ2n) is 7.25. The molecule has 0 saturated carbocycles. The quantitative estimate of drug-likeness (QED) is 0.770. The van der Waals surface area contributed by atoms with Crippen LogP contribution in [-0.2, 0) is 4.74 Å². The number of thiazole rings is 2. The van der Waals surface area contributed by atoms with Gasteiger partial charge >= 0.3 is 6.09 Å². The van der Waals surface area contributed by atoms with Crippen LogP contribution in [0.1, 0.15) is 54.9 Å². The van der Waals surface area contributed by atoms with E-state index in [1.165, 1.54) is 28.2 Å². The molecule has 0 atom stereocenters. The highest BCUT2D eigenvalue weighted by Gasteiger charge is 2.28. The van der Waals surface area contributed by atoms with Crippen LogP contribution in [-0.4, -0.2) is 45.6 Å². The molecule has 0 spiro atoms. The van der Waals surface area contributed by atoms with Crippen molar-refractivity contribution < 1.29 is 14.3 Å². The minimum absolute atomic E-state index is 0.198. The zero-order valence-electron chi connectivity index (χ0n) is 15.3. The molecule has 3 rings (SSSR count). The summed E-state index contributed by atoms with van der Waals surface area (Å²) in [4.78, 5) is 34.9. The van der Waals surface area contributed by atoms with Crippen LogP contribution >= 0.6 is 34.3 Å². The summed E-state index contributed by atoms with van der Waals surface area (Å²) < 4.78 is 5.42. The number of aromatic nitrogens is 2. The summed E-state index contributed by atoms with van der Waals surface area (Å²) >= 11 is 8.46. The number of ether oxygens (including phenoxy) is 1. The number of carbonyl (C=O) groups is 2. The van der Waals surface area contributed by atoms with Crippen LogP contribution in [0, 0.1) is 0 Å². The van der Waals surface area contributed by atoms with Crippen molar-refractivity contribution in [2.45, 2.75) is 45.1 Å². The molecule has 0 aliphatic carbocycles. The van der Waals surface area contributed by atoms with Gasteiger partial charge < -0.3 is 9.64 Å². The van der Waals surface area contributed by atoms with E-state index in [0.29, 0.717) is 23.1 Å². The smallest absolute Gasteiger partial charge is 0.410 e. The van der Waals surface area contributed by atoms with Gasteiger partial charge in [0.1, 0.15) is 10.5 Å². The lowest BCUT2D eigenvalue weighted by Crippen LogP contribution is -2.41. The Morgan fingerprint density at radius 1 is 1.30 bits per heavy atom. The first-order chi connectivity index (χ1) is 12.7. The molecule has 10 heteroatoms. The number of amides is 2. The van der Waals surface area contributed by atoms with Gasteiger partial charge in [0.25, 0.3) is 5.91 Å². The van der Waals surface area contributed by atoms with Gasteiger partial charge in [0.2, 0.25) is 0 Å². The highest BCUT2D eigenvalue weighted by Crippen LogP contribution is 2.31. The molecule has 2 amide bonds. The molecule has 1 saturated heterocycles. The lowest BCUT2D eigenvalue weighted by atomic mass is 9.94. The van der Waals surface area contributed by atoms with E-state index >= 15 is 0 Å². The first-order valence-corrected chi connectivity index (χ1v) is 10.7. The number of anilines is 1. The summed E-state index contributed by atoms with van der Waals surface area (Å²) in [5, 5.41) is 5.46. The summed E-state index contributed by atoms with van der Waals surface area (Å²) in [6, 6.07) is 0. The maximum absolute atomic E-state index is 12.2. The Morgan fingerprint density at radius 2 is 2.00 bits per heavy atom. The molecule has 0 aromatic carbocycles. The Labute approximate surface area is 170 Å². The van der Waals surface area contributed by atoms with Crippen LogP contribution in [0.15, 0.2) is 10.9 Å². The van der Waals surface area contributed by atoms with Gasteiger partial charge in [-0.2, -0.15) is 0 Å². The zero-order valence-corrected chi connectivity index (χ0v) is 17.7. The van der Waals surface area contributed by atoms with Crippen LogP contribution in [0.3, 0.4) is 0 Å². The van der Waals surface area contributed by atoms with Gasteiger partial charge in [-0.1, -0.05) is 11.6 Å². The molecule has 3 heterocycles. The standard InChI is InChI=1S/C17H21ClN4O3S2/c1-17(2,3)25-16(24)22-6-4-10(5-7-22)11-8-26-15(20-11)21-14(23)12-13(18)19-9-27-12/h8-10H,4-7H2,1-3H3,(H,20,21,23). The maximum atomic E-state index is 12.2. The number of likely N-dealkylation sites (tertiary alicyclic amines) is 1. The van der Waals surface area contributed by atoms with E-state index in [-0.39, 0.29) is 23.1 Å². The van der Waals surface area contributed by atoms with E-state index < -0.39 is 5.60 Å². The molecule has 1 N–H and O–H groups in total. The summed E-state index contributed by atoms with van der Waals surface area (Å²) in [5.74, 6) is -0.0410. The van der Waals surface area contributed by atoms with Crippen molar-refractivity contribution in [3.8, 4) is 0 Å². The normalized spacial score (nSPS) is 15.6. The summed E-state index contributed by atoms with van der Waals surface area (Å²) in [7, 11) is 0. The lowest BCUT2D eigenvalue weighted by molar-refractivity contribution is 0.0204. The average Bonchev–Trinajstić information content (AvgIpc) is 3.22. The number of nitrogens with zero attached hydrogens (tertiary/aromatic N) is 3. The molecule has 0 unspecified atom stereocenters. The molecule has 27 heavy (non-hydrogen) atoms. The molecule has 2 aromatic heterocycles. The number of halogens is 1. The maximum Gasteiger partial charge on any atom is 0.410 e. The molecular formula is C17H21ClN4O3S2. The molecule has 1 aliphatic rings. The molecule has 1 aliphatic heterocycles. The van der Waals surface area contributed by atoms with Crippen LogP contribution < -0.4 is 5.32 Å². The number of rotatable bonds is 3. The van der Waals surface area contributed by atoms with Crippen molar-refractivity contribution in [2.24, 2.45) is 0 Å². The van der Waals surface area contributed by atoms with Crippen molar-refractivity contribution >= 4 is 51.4 Å². The molecular weight excluding hydrogens is 408 g/mol. The Kier molecular flexibility index (Phi) is 6.02. The Bertz CT molecular complexity index is 822. The van der Waals surface area contributed by atoms with Gasteiger partial charge in [0, 0.05) is 24.4 Å². The van der Waals surface area contributed by atoms with Crippen LogP contribution in [0.2, 0.25) is 5.15 Å². The fourth-order valence-corrected chi connectivity index (χ4v) is 4.43. The Balaban J connectivity index is 1.55. The topological polar surface area (TPSA) is 84.4 Å². The molecule has 2 aromatic rings. The van der Waals surface area contributed by atoms with Crippen molar-refractivity contribution in [2.75, 3.05) is 18.4 Å². The number of hydrogen-bond donors (Lipinski definition) is 1. The van der Waals surface area contributed by atoms with E-state index in [2.05, 4.69) is 15.3 Å². The highest BCUT2D eigenvalue weighted by molar-refractivity contribution is 7.14. The predicted molar refractivity (Wildman–Crippen MR) is 107 cm³/mol. The van der Waals surface area contributed by atoms with E-state index in [0.717, 1.165) is 18.5 Å². The van der Waals surface area contributed by atoms with Gasteiger partial charge in [-0.3, -0.25) is 10.1 Å². The second kappa shape index (κ2) is 8.12. The summed E-state index contributed by atoms with van der Waals surface area (Å²) in [6.07, 6.45) is 1.36. The highest BCUT2D eigenvalue weighted by atomic mass is 35.5. The number of nitrogens with one attached hydrogen (secondary N) is 1. The zero-order chi connectivity index (χ0) is 19.6. The van der Waals surface area contributed by atoms with E-state index in [1.54, 1.807) is 4.90 Å². The molecule has 0 radical (unpaired) electrons. The fourth-order valence-electron chi connectivity index (χ4n) is 2.75. The third-order valence-electron chi connectivity index (χ3n) is 4.04. The fraction of sp³-hybridized carbons (Fsp3) is 0.529. The van der Waals surface area contributed by atoms with Gasteiger partial charge in [0.15, 0.2) is 10.3 Å². The minimum atomic E-state index is -0.489. The SMILES string of the molecule is CC(C)(C)OC(=O)N1CCC(c2csc(NC(=O)c3scnc3Cl)n2)CC1. The van der Waals surface area contributed by atoms with Gasteiger partial charge in [-0.15, -0.1) is 22.7 Å². The second-order valence-corrected chi connectivity index (χ2v) is 9.32.